The van der Waals surface area contributed by atoms with Crippen molar-refractivity contribution in [3.8, 4) is 5.75 Å². The average Bonchev–Trinajstić information content (AvgIpc) is 2.69. The number of aromatic carboxylic acids is 1. The average molecular weight is 383 g/mol. The quantitative estimate of drug-likeness (QED) is 0.759. The smallest absolute Gasteiger partial charge is 0.335 e. The largest absolute Gasteiger partial charge is 0.489 e. The fraction of sp³-hybridized carbons (Fsp3) is 0.435. The number of piperazine rings is 1. The second-order valence-electron chi connectivity index (χ2n) is 7.64. The standard InChI is InChI=1S/C23H30N2O3/c1-18-3-9-22(10-4-18)28-19(2)17-25-15-13-24(14-16-25)12-11-20-5-7-21(8-6-20)23(26)27/h3-10,19H,11-17H2,1-2H3,(H,26,27). The number of ether oxygens (including phenoxy) is 1. The van der Waals surface area contributed by atoms with Crippen LogP contribution in [0.1, 0.15) is 28.4 Å². The zero-order valence-electron chi connectivity index (χ0n) is 16.8. The molecule has 5 nitrogen and oxygen atoms in total. The molecule has 0 bridgehead atoms. The van der Waals surface area contributed by atoms with Gasteiger partial charge in [0.25, 0.3) is 0 Å². The Morgan fingerprint density at radius 2 is 1.61 bits per heavy atom. The number of aryl methyl sites for hydroxylation is 1. The number of rotatable bonds is 8. The minimum atomic E-state index is -0.872. The molecule has 2 aromatic carbocycles. The summed E-state index contributed by atoms with van der Waals surface area (Å²) in [6, 6.07) is 15.4. The van der Waals surface area contributed by atoms with E-state index in [9.17, 15) is 4.79 Å². The Hall–Kier alpha value is -2.37. The van der Waals surface area contributed by atoms with Crippen LogP contribution in [0.5, 0.6) is 5.75 Å². The first-order chi connectivity index (χ1) is 13.5. The number of hydrogen-bond donors (Lipinski definition) is 1. The number of nitrogens with zero attached hydrogens (tertiary/aromatic N) is 2. The van der Waals surface area contributed by atoms with Gasteiger partial charge in [-0.05, 0) is 50.1 Å². The van der Waals surface area contributed by atoms with Gasteiger partial charge in [-0.1, -0.05) is 29.8 Å². The van der Waals surface area contributed by atoms with Crippen LogP contribution in [0.4, 0.5) is 0 Å². The lowest BCUT2D eigenvalue weighted by molar-refractivity contribution is 0.0697. The van der Waals surface area contributed by atoms with Crippen molar-refractivity contribution in [3.63, 3.8) is 0 Å². The summed E-state index contributed by atoms with van der Waals surface area (Å²) in [7, 11) is 0. The molecule has 150 valence electrons. The summed E-state index contributed by atoms with van der Waals surface area (Å²) in [4.78, 5) is 15.9. The molecule has 5 heteroatoms. The first-order valence-corrected chi connectivity index (χ1v) is 10.00. The van der Waals surface area contributed by atoms with E-state index in [0.717, 1.165) is 51.4 Å². The molecule has 1 heterocycles. The number of benzene rings is 2. The summed E-state index contributed by atoms with van der Waals surface area (Å²) in [5, 5.41) is 8.97. The van der Waals surface area contributed by atoms with E-state index >= 15 is 0 Å². The zero-order chi connectivity index (χ0) is 19.9. The van der Waals surface area contributed by atoms with Crippen molar-refractivity contribution >= 4 is 5.97 Å². The first-order valence-electron chi connectivity index (χ1n) is 10.00. The van der Waals surface area contributed by atoms with Gasteiger partial charge in [-0.3, -0.25) is 4.90 Å². The fourth-order valence-electron chi connectivity index (χ4n) is 3.55. The molecular formula is C23H30N2O3. The van der Waals surface area contributed by atoms with Crippen LogP contribution in [-0.4, -0.2) is 66.2 Å². The predicted octanol–water partition coefficient (Wildman–Crippen LogP) is 3.32. The van der Waals surface area contributed by atoms with Crippen molar-refractivity contribution in [1.29, 1.82) is 0 Å². The highest BCUT2D eigenvalue weighted by atomic mass is 16.5. The SMILES string of the molecule is Cc1ccc(OC(C)CN2CCN(CCc3ccc(C(=O)O)cc3)CC2)cc1. The van der Waals surface area contributed by atoms with Crippen molar-refractivity contribution in [2.45, 2.75) is 26.4 Å². The van der Waals surface area contributed by atoms with Gasteiger partial charge in [0, 0.05) is 39.3 Å². The maximum Gasteiger partial charge on any atom is 0.335 e. The molecule has 0 aromatic heterocycles. The minimum Gasteiger partial charge on any atom is -0.489 e. The Kier molecular flexibility index (Phi) is 7.06. The van der Waals surface area contributed by atoms with Gasteiger partial charge in [-0.15, -0.1) is 0 Å². The summed E-state index contributed by atoms with van der Waals surface area (Å²) < 4.78 is 6.03. The molecule has 1 fully saturated rings. The number of carbonyl (C=O) groups is 1. The molecule has 0 aliphatic carbocycles. The lowest BCUT2D eigenvalue weighted by atomic mass is 10.1. The van der Waals surface area contributed by atoms with Crippen LogP contribution < -0.4 is 4.74 Å². The summed E-state index contributed by atoms with van der Waals surface area (Å²) >= 11 is 0. The normalized spacial score (nSPS) is 16.6. The van der Waals surface area contributed by atoms with Gasteiger partial charge < -0.3 is 14.7 Å². The predicted molar refractivity (Wildman–Crippen MR) is 111 cm³/mol. The van der Waals surface area contributed by atoms with Gasteiger partial charge in [0.05, 0.1) is 5.56 Å². The Labute approximate surface area is 167 Å². The molecule has 0 saturated carbocycles. The van der Waals surface area contributed by atoms with Crippen LogP contribution in [0.2, 0.25) is 0 Å². The summed E-state index contributed by atoms with van der Waals surface area (Å²) in [5.74, 6) is 0.0638. The van der Waals surface area contributed by atoms with E-state index in [2.05, 4.69) is 35.8 Å². The summed E-state index contributed by atoms with van der Waals surface area (Å²) in [6.45, 7) is 10.4. The molecule has 1 atom stereocenters. The van der Waals surface area contributed by atoms with Crippen molar-refractivity contribution in [2.24, 2.45) is 0 Å². The topological polar surface area (TPSA) is 53.0 Å². The van der Waals surface area contributed by atoms with Gasteiger partial charge >= 0.3 is 5.97 Å². The molecule has 0 radical (unpaired) electrons. The molecule has 1 aliphatic heterocycles. The van der Waals surface area contributed by atoms with E-state index in [1.54, 1.807) is 12.1 Å². The van der Waals surface area contributed by atoms with E-state index in [4.69, 9.17) is 9.84 Å². The van der Waals surface area contributed by atoms with E-state index < -0.39 is 5.97 Å². The van der Waals surface area contributed by atoms with Crippen LogP contribution >= 0.6 is 0 Å². The molecule has 1 unspecified atom stereocenters. The lowest BCUT2D eigenvalue weighted by Gasteiger charge is -2.35. The third kappa shape index (κ3) is 6.08. The van der Waals surface area contributed by atoms with Crippen molar-refractivity contribution in [1.82, 2.24) is 9.80 Å². The van der Waals surface area contributed by atoms with E-state index in [-0.39, 0.29) is 6.10 Å². The van der Waals surface area contributed by atoms with E-state index in [0.29, 0.717) is 5.56 Å². The Morgan fingerprint density at radius 1 is 1.00 bits per heavy atom. The monoisotopic (exact) mass is 382 g/mol. The highest BCUT2D eigenvalue weighted by Crippen LogP contribution is 2.14. The summed E-state index contributed by atoms with van der Waals surface area (Å²) in [5.41, 5.74) is 2.78. The second kappa shape index (κ2) is 9.71. The lowest BCUT2D eigenvalue weighted by Crippen LogP contribution is -2.49. The molecule has 28 heavy (non-hydrogen) atoms. The van der Waals surface area contributed by atoms with Gasteiger partial charge in [0.2, 0.25) is 0 Å². The number of carboxylic acids is 1. The molecule has 3 rings (SSSR count). The van der Waals surface area contributed by atoms with E-state index in [1.165, 1.54) is 11.1 Å². The molecule has 0 spiro atoms. The Balaban J connectivity index is 1.37. The molecule has 1 saturated heterocycles. The van der Waals surface area contributed by atoms with Crippen molar-refractivity contribution in [2.75, 3.05) is 39.3 Å². The first kappa shape index (κ1) is 20.4. The van der Waals surface area contributed by atoms with Gasteiger partial charge in [-0.25, -0.2) is 4.79 Å². The third-order valence-corrected chi connectivity index (χ3v) is 5.26. The fourth-order valence-corrected chi connectivity index (χ4v) is 3.55. The molecule has 0 amide bonds. The second-order valence-corrected chi connectivity index (χ2v) is 7.64. The Morgan fingerprint density at radius 3 is 2.21 bits per heavy atom. The highest BCUT2D eigenvalue weighted by Gasteiger charge is 2.19. The van der Waals surface area contributed by atoms with Gasteiger partial charge in [-0.2, -0.15) is 0 Å². The van der Waals surface area contributed by atoms with Crippen LogP contribution in [0.15, 0.2) is 48.5 Å². The van der Waals surface area contributed by atoms with Crippen LogP contribution in [0.25, 0.3) is 0 Å². The van der Waals surface area contributed by atoms with Crippen molar-refractivity contribution < 1.29 is 14.6 Å². The van der Waals surface area contributed by atoms with E-state index in [1.807, 2.05) is 24.3 Å². The molecular weight excluding hydrogens is 352 g/mol. The molecule has 1 N–H and O–H groups in total. The van der Waals surface area contributed by atoms with Gasteiger partial charge in [0.1, 0.15) is 11.9 Å². The van der Waals surface area contributed by atoms with Crippen LogP contribution in [-0.2, 0) is 6.42 Å². The summed E-state index contributed by atoms with van der Waals surface area (Å²) in [6.07, 6.45) is 1.12. The molecule has 1 aliphatic rings. The number of hydrogen-bond acceptors (Lipinski definition) is 4. The van der Waals surface area contributed by atoms with Crippen LogP contribution in [0, 0.1) is 6.92 Å². The maximum absolute atomic E-state index is 10.9. The zero-order valence-corrected chi connectivity index (χ0v) is 16.8. The maximum atomic E-state index is 10.9. The minimum absolute atomic E-state index is 0.169. The van der Waals surface area contributed by atoms with Gasteiger partial charge in [0.15, 0.2) is 0 Å². The number of carboxylic acid groups (broad SMARTS) is 1. The Bertz CT molecular complexity index is 750. The van der Waals surface area contributed by atoms with Crippen LogP contribution in [0.3, 0.4) is 0 Å². The third-order valence-electron chi connectivity index (χ3n) is 5.26. The highest BCUT2D eigenvalue weighted by molar-refractivity contribution is 5.87. The van der Waals surface area contributed by atoms with Crippen molar-refractivity contribution in [3.05, 3.63) is 65.2 Å². The molecule has 2 aromatic rings.